The third-order valence-corrected chi connectivity index (χ3v) is 4.13. The summed E-state index contributed by atoms with van der Waals surface area (Å²) in [6, 6.07) is 6.65. The number of aromatic nitrogens is 2. The van der Waals surface area contributed by atoms with E-state index < -0.39 is 29.1 Å². The van der Waals surface area contributed by atoms with Gasteiger partial charge in [0.15, 0.2) is 11.8 Å². The molecule has 1 heterocycles. The SMILES string of the molecule is CCOC(=O)COc1nc(SC)nc(Oc2ccc(C#N)c(N(C)C)c2)c1[N+](=O)[O-]. The monoisotopic (exact) mass is 433 g/mol. The molecule has 30 heavy (non-hydrogen) atoms. The minimum atomic E-state index is -0.754. The van der Waals surface area contributed by atoms with E-state index in [-0.39, 0.29) is 23.4 Å². The number of esters is 1. The van der Waals surface area contributed by atoms with Crippen LogP contribution in [-0.4, -0.2) is 54.4 Å². The van der Waals surface area contributed by atoms with Gasteiger partial charge in [0.05, 0.1) is 22.8 Å². The van der Waals surface area contributed by atoms with Crippen LogP contribution in [-0.2, 0) is 9.53 Å². The highest BCUT2D eigenvalue weighted by molar-refractivity contribution is 7.98. The third kappa shape index (κ3) is 5.48. The van der Waals surface area contributed by atoms with Crippen LogP contribution >= 0.6 is 11.8 Å². The first-order valence-electron chi connectivity index (χ1n) is 8.58. The molecule has 0 aliphatic heterocycles. The highest BCUT2D eigenvalue weighted by atomic mass is 32.2. The number of hydrogen-bond donors (Lipinski definition) is 0. The summed E-state index contributed by atoms with van der Waals surface area (Å²) in [5.74, 6) is -1.24. The van der Waals surface area contributed by atoms with Gasteiger partial charge >= 0.3 is 23.4 Å². The molecule has 1 aromatic heterocycles. The van der Waals surface area contributed by atoms with Crippen LogP contribution in [0, 0.1) is 21.4 Å². The quantitative estimate of drug-likeness (QED) is 0.189. The number of thioether (sulfide) groups is 1. The van der Waals surface area contributed by atoms with Crippen molar-refractivity contribution in [2.75, 3.05) is 38.5 Å². The van der Waals surface area contributed by atoms with Crippen molar-refractivity contribution in [1.29, 1.82) is 5.26 Å². The maximum absolute atomic E-state index is 11.7. The van der Waals surface area contributed by atoms with Crippen molar-refractivity contribution in [3.05, 3.63) is 33.9 Å². The van der Waals surface area contributed by atoms with Crippen LogP contribution in [0.4, 0.5) is 11.4 Å². The Morgan fingerprint density at radius 2 is 2.03 bits per heavy atom. The summed E-state index contributed by atoms with van der Waals surface area (Å²) in [4.78, 5) is 32.2. The standard InChI is InChI=1S/C18H19N5O6S/c1-5-27-14(24)10-28-16-15(23(25)26)17(21-18(20-16)30-4)29-12-7-6-11(9-19)13(8-12)22(2)3/h6-8H,5,10H2,1-4H3. The average molecular weight is 433 g/mol. The Hall–Kier alpha value is -3.59. The number of ether oxygens (including phenoxy) is 3. The molecular weight excluding hydrogens is 414 g/mol. The molecule has 0 atom stereocenters. The van der Waals surface area contributed by atoms with Gasteiger partial charge in [-0.05, 0) is 25.3 Å². The van der Waals surface area contributed by atoms with Gasteiger partial charge in [-0.3, -0.25) is 10.1 Å². The van der Waals surface area contributed by atoms with Gasteiger partial charge in [0.25, 0.3) is 0 Å². The molecule has 0 fully saturated rings. The Bertz CT molecular complexity index is 992. The average Bonchev–Trinajstić information content (AvgIpc) is 2.71. The molecule has 0 aliphatic rings. The van der Waals surface area contributed by atoms with Crippen molar-refractivity contribution in [3.8, 4) is 23.6 Å². The molecular formula is C18H19N5O6S. The molecule has 0 bridgehead atoms. The topological polar surface area (TPSA) is 141 Å². The zero-order chi connectivity index (χ0) is 22.3. The maximum atomic E-state index is 11.7. The molecule has 0 amide bonds. The number of rotatable bonds is 9. The van der Waals surface area contributed by atoms with E-state index in [1.54, 1.807) is 38.2 Å². The summed E-state index contributed by atoms with van der Waals surface area (Å²) >= 11 is 1.11. The first kappa shape index (κ1) is 22.7. The van der Waals surface area contributed by atoms with Crippen LogP contribution in [0.25, 0.3) is 0 Å². The first-order valence-corrected chi connectivity index (χ1v) is 9.81. The third-order valence-electron chi connectivity index (χ3n) is 3.58. The van der Waals surface area contributed by atoms with E-state index in [0.29, 0.717) is 11.3 Å². The second kappa shape index (κ2) is 10.3. The van der Waals surface area contributed by atoms with E-state index in [2.05, 4.69) is 16.0 Å². The van der Waals surface area contributed by atoms with Gasteiger partial charge in [-0.1, -0.05) is 11.8 Å². The molecule has 2 rings (SSSR count). The zero-order valence-electron chi connectivity index (χ0n) is 16.7. The van der Waals surface area contributed by atoms with E-state index >= 15 is 0 Å². The van der Waals surface area contributed by atoms with Gasteiger partial charge < -0.3 is 19.1 Å². The number of benzene rings is 1. The van der Waals surface area contributed by atoms with E-state index in [1.807, 2.05) is 0 Å². The molecule has 0 aliphatic carbocycles. The van der Waals surface area contributed by atoms with E-state index in [0.717, 1.165) is 11.8 Å². The van der Waals surface area contributed by atoms with Gasteiger partial charge in [0.1, 0.15) is 11.8 Å². The largest absolute Gasteiger partial charge is 0.463 e. The summed E-state index contributed by atoms with van der Waals surface area (Å²) in [7, 11) is 3.50. The molecule has 0 unspecified atom stereocenters. The van der Waals surface area contributed by atoms with Crippen LogP contribution in [0.1, 0.15) is 12.5 Å². The number of nitro groups is 1. The van der Waals surface area contributed by atoms with Gasteiger partial charge in [-0.15, -0.1) is 0 Å². The molecule has 1 aromatic carbocycles. The highest BCUT2D eigenvalue weighted by Gasteiger charge is 2.29. The number of anilines is 1. The van der Waals surface area contributed by atoms with Crippen molar-refractivity contribution < 1.29 is 23.9 Å². The molecule has 12 heteroatoms. The van der Waals surface area contributed by atoms with Crippen LogP contribution in [0.3, 0.4) is 0 Å². The smallest absolute Gasteiger partial charge is 0.392 e. The predicted molar refractivity (Wildman–Crippen MR) is 108 cm³/mol. The van der Waals surface area contributed by atoms with Crippen LogP contribution in [0.2, 0.25) is 0 Å². The Balaban J connectivity index is 2.47. The lowest BCUT2D eigenvalue weighted by Gasteiger charge is -2.16. The first-order chi connectivity index (χ1) is 14.3. The van der Waals surface area contributed by atoms with Crippen molar-refractivity contribution in [3.63, 3.8) is 0 Å². The molecule has 158 valence electrons. The van der Waals surface area contributed by atoms with Crippen molar-refractivity contribution >= 4 is 29.1 Å². The van der Waals surface area contributed by atoms with Gasteiger partial charge in [0.2, 0.25) is 0 Å². The number of carbonyl (C=O) groups excluding carboxylic acids is 1. The second-order valence-corrected chi connectivity index (χ2v) is 6.58. The minimum Gasteiger partial charge on any atom is -0.463 e. The summed E-state index contributed by atoms with van der Waals surface area (Å²) in [6.07, 6.45) is 1.67. The Morgan fingerprint density at radius 3 is 2.60 bits per heavy atom. The molecule has 11 nitrogen and oxygen atoms in total. The van der Waals surface area contributed by atoms with Crippen molar-refractivity contribution in [2.24, 2.45) is 0 Å². The van der Waals surface area contributed by atoms with E-state index in [9.17, 15) is 20.2 Å². The van der Waals surface area contributed by atoms with Gasteiger partial charge in [-0.2, -0.15) is 15.2 Å². The lowest BCUT2D eigenvalue weighted by Crippen LogP contribution is -2.16. The maximum Gasteiger partial charge on any atom is 0.392 e. The van der Waals surface area contributed by atoms with Crippen LogP contribution in [0.5, 0.6) is 17.5 Å². The molecule has 2 aromatic rings. The molecule has 0 radical (unpaired) electrons. The number of nitriles is 1. The molecule has 0 saturated carbocycles. The van der Waals surface area contributed by atoms with Crippen LogP contribution < -0.4 is 14.4 Å². The van der Waals surface area contributed by atoms with E-state index in [4.69, 9.17) is 14.2 Å². The minimum absolute atomic E-state index is 0.144. The fourth-order valence-electron chi connectivity index (χ4n) is 2.30. The fraction of sp³-hybridized carbons (Fsp3) is 0.333. The second-order valence-electron chi connectivity index (χ2n) is 5.81. The van der Waals surface area contributed by atoms with Crippen molar-refractivity contribution in [2.45, 2.75) is 12.1 Å². The number of carbonyl (C=O) groups is 1. The van der Waals surface area contributed by atoms with Crippen LogP contribution in [0.15, 0.2) is 23.4 Å². The van der Waals surface area contributed by atoms with Gasteiger partial charge in [-0.25, -0.2) is 4.79 Å². The molecule has 0 spiro atoms. The lowest BCUT2D eigenvalue weighted by molar-refractivity contribution is -0.387. The van der Waals surface area contributed by atoms with Gasteiger partial charge in [0, 0.05) is 20.2 Å². The normalized spacial score (nSPS) is 10.1. The number of hydrogen-bond acceptors (Lipinski definition) is 11. The summed E-state index contributed by atoms with van der Waals surface area (Å²) in [5, 5.41) is 21.0. The predicted octanol–water partition coefficient (Wildman–Crippen LogP) is 2.78. The zero-order valence-corrected chi connectivity index (χ0v) is 17.6. The Labute approximate surface area is 176 Å². The number of nitrogens with zero attached hydrogens (tertiary/aromatic N) is 5. The van der Waals surface area contributed by atoms with E-state index in [1.165, 1.54) is 12.1 Å². The Kier molecular flexibility index (Phi) is 7.76. The van der Waals surface area contributed by atoms with Crippen molar-refractivity contribution in [1.82, 2.24) is 9.97 Å². The Morgan fingerprint density at radius 1 is 1.33 bits per heavy atom. The molecule has 0 N–H and O–H groups in total. The summed E-state index contributed by atoms with van der Waals surface area (Å²) < 4.78 is 15.6. The lowest BCUT2D eigenvalue weighted by atomic mass is 10.2. The summed E-state index contributed by atoms with van der Waals surface area (Å²) in [5.41, 5.74) is 0.344. The highest BCUT2D eigenvalue weighted by Crippen LogP contribution is 2.38. The summed E-state index contributed by atoms with van der Waals surface area (Å²) in [6.45, 7) is 1.22. The fourth-order valence-corrected chi connectivity index (χ4v) is 2.64. The molecule has 0 saturated heterocycles.